The third kappa shape index (κ3) is 2.80. The van der Waals surface area contributed by atoms with E-state index in [9.17, 15) is 0 Å². The summed E-state index contributed by atoms with van der Waals surface area (Å²) in [6.07, 6.45) is 0. The fraction of sp³-hybridized carbons (Fsp3) is 0.125. The van der Waals surface area contributed by atoms with E-state index in [1.54, 1.807) is 11.3 Å². The van der Waals surface area contributed by atoms with Crippen molar-refractivity contribution in [2.45, 2.75) is 13.8 Å². The minimum atomic E-state index is 0.530. The number of halogens is 1. The minimum Gasteiger partial charge on any atom is -0.383 e. The maximum absolute atomic E-state index is 6.10. The highest BCUT2D eigenvalue weighted by Gasteiger charge is 2.15. The Labute approximate surface area is 141 Å². The Hall–Kier alpha value is -1.47. The second kappa shape index (κ2) is 5.73. The molecule has 0 amide bonds. The topological polar surface area (TPSA) is 51.8 Å². The van der Waals surface area contributed by atoms with Crippen LogP contribution in [0.25, 0.3) is 22.6 Å². The number of aryl methyl sites for hydroxylation is 2. The van der Waals surface area contributed by atoms with Crippen LogP contribution in [-0.4, -0.2) is 9.97 Å². The Morgan fingerprint density at radius 1 is 1.10 bits per heavy atom. The Bertz CT molecular complexity index is 797. The van der Waals surface area contributed by atoms with E-state index in [-0.39, 0.29) is 0 Å². The molecule has 2 aromatic heterocycles. The summed E-state index contributed by atoms with van der Waals surface area (Å²) in [6, 6.07) is 12.2. The van der Waals surface area contributed by atoms with E-state index >= 15 is 0 Å². The Kier molecular flexibility index (Phi) is 3.95. The van der Waals surface area contributed by atoms with Gasteiger partial charge in [0.2, 0.25) is 0 Å². The standard InChI is InChI=1S/C16H14IN3S/c1-9-8-12(10(2)21-9)16-19-14(13(17)15(18)20-16)11-6-4-3-5-7-11/h3-8H,1-2H3,(H2,18,19,20). The SMILES string of the molecule is Cc1cc(-c2nc(N)c(I)c(-c3ccccc3)n2)c(C)s1. The summed E-state index contributed by atoms with van der Waals surface area (Å²) in [4.78, 5) is 11.7. The molecule has 3 aromatic rings. The number of benzene rings is 1. The van der Waals surface area contributed by atoms with Crippen molar-refractivity contribution >= 4 is 39.7 Å². The second-order valence-corrected chi connectivity index (χ2v) is 7.33. The molecule has 0 fully saturated rings. The predicted molar refractivity (Wildman–Crippen MR) is 97.4 cm³/mol. The van der Waals surface area contributed by atoms with Crippen molar-refractivity contribution in [3.63, 3.8) is 0 Å². The molecule has 3 rings (SSSR count). The number of aromatic nitrogens is 2. The molecule has 5 heteroatoms. The fourth-order valence-electron chi connectivity index (χ4n) is 2.23. The van der Waals surface area contributed by atoms with Gasteiger partial charge in [-0.25, -0.2) is 9.97 Å². The van der Waals surface area contributed by atoms with E-state index < -0.39 is 0 Å². The van der Waals surface area contributed by atoms with Crippen molar-refractivity contribution in [1.82, 2.24) is 9.97 Å². The zero-order valence-corrected chi connectivity index (χ0v) is 14.7. The van der Waals surface area contributed by atoms with E-state index in [2.05, 4.69) is 47.5 Å². The molecule has 0 aliphatic rings. The van der Waals surface area contributed by atoms with Gasteiger partial charge < -0.3 is 5.73 Å². The molecule has 0 spiro atoms. The van der Waals surface area contributed by atoms with Gasteiger partial charge in [-0.1, -0.05) is 30.3 Å². The monoisotopic (exact) mass is 407 g/mol. The molecular weight excluding hydrogens is 393 g/mol. The first-order valence-corrected chi connectivity index (χ1v) is 8.41. The number of nitrogens with zero attached hydrogens (tertiary/aromatic N) is 2. The van der Waals surface area contributed by atoms with Crippen molar-refractivity contribution in [3.05, 3.63) is 49.7 Å². The highest BCUT2D eigenvalue weighted by molar-refractivity contribution is 14.1. The van der Waals surface area contributed by atoms with Gasteiger partial charge >= 0.3 is 0 Å². The number of hydrogen-bond acceptors (Lipinski definition) is 4. The highest BCUT2D eigenvalue weighted by Crippen LogP contribution is 2.33. The maximum atomic E-state index is 6.10. The molecule has 1 aromatic carbocycles. The molecule has 0 aliphatic heterocycles. The lowest BCUT2D eigenvalue weighted by Gasteiger charge is -2.09. The van der Waals surface area contributed by atoms with E-state index in [0.717, 1.165) is 20.4 Å². The quantitative estimate of drug-likeness (QED) is 0.628. The van der Waals surface area contributed by atoms with Gasteiger partial charge in [-0.15, -0.1) is 11.3 Å². The van der Waals surface area contributed by atoms with Crippen LogP contribution in [0.3, 0.4) is 0 Å². The molecule has 0 atom stereocenters. The zero-order valence-electron chi connectivity index (χ0n) is 11.7. The molecule has 106 valence electrons. The van der Waals surface area contributed by atoms with Gasteiger partial charge in [0.25, 0.3) is 0 Å². The smallest absolute Gasteiger partial charge is 0.163 e. The average Bonchev–Trinajstić information content (AvgIpc) is 2.81. The molecule has 0 saturated carbocycles. The van der Waals surface area contributed by atoms with Gasteiger partial charge in [-0.2, -0.15) is 0 Å². The van der Waals surface area contributed by atoms with Gasteiger partial charge in [-0.05, 0) is 42.5 Å². The molecule has 2 N–H and O–H groups in total. The van der Waals surface area contributed by atoms with Gasteiger partial charge in [-0.3, -0.25) is 0 Å². The van der Waals surface area contributed by atoms with Crippen molar-refractivity contribution < 1.29 is 0 Å². The highest BCUT2D eigenvalue weighted by atomic mass is 127. The molecule has 0 saturated heterocycles. The molecule has 3 nitrogen and oxygen atoms in total. The number of nitrogen functional groups attached to an aromatic ring is 1. The zero-order chi connectivity index (χ0) is 15.0. The molecule has 2 heterocycles. The number of hydrogen-bond donors (Lipinski definition) is 1. The minimum absolute atomic E-state index is 0.530. The summed E-state index contributed by atoms with van der Waals surface area (Å²) in [5.41, 5.74) is 9.11. The van der Waals surface area contributed by atoms with Crippen LogP contribution in [0, 0.1) is 17.4 Å². The summed E-state index contributed by atoms with van der Waals surface area (Å²) in [5, 5.41) is 0. The molecule has 0 bridgehead atoms. The first kappa shape index (κ1) is 14.5. The summed E-state index contributed by atoms with van der Waals surface area (Å²) in [5.74, 6) is 1.23. The third-order valence-corrected chi connectivity index (χ3v) is 5.24. The second-order valence-electron chi connectivity index (χ2n) is 4.79. The van der Waals surface area contributed by atoms with Crippen LogP contribution < -0.4 is 5.73 Å². The Morgan fingerprint density at radius 3 is 2.43 bits per heavy atom. The van der Waals surface area contributed by atoms with E-state index in [0.29, 0.717) is 11.6 Å². The Balaban J connectivity index is 2.21. The normalized spacial score (nSPS) is 10.8. The summed E-state index contributed by atoms with van der Waals surface area (Å²) >= 11 is 3.96. The van der Waals surface area contributed by atoms with E-state index in [4.69, 9.17) is 10.7 Å². The van der Waals surface area contributed by atoms with Crippen LogP contribution in [0.2, 0.25) is 0 Å². The molecule has 0 aliphatic carbocycles. The Morgan fingerprint density at radius 2 is 1.81 bits per heavy atom. The van der Waals surface area contributed by atoms with Gasteiger partial charge in [0.15, 0.2) is 5.82 Å². The summed E-state index contributed by atoms with van der Waals surface area (Å²) < 4.78 is 0.896. The van der Waals surface area contributed by atoms with Crippen molar-refractivity contribution in [2.75, 3.05) is 5.73 Å². The van der Waals surface area contributed by atoms with Crippen LogP contribution in [0.15, 0.2) is 36.4 Å². The summed E-state index contributed by atoms with van der Waals surface area (Å²) in [7, 11) is 0. The molecular formula is C16H14IN3S. The van der Waals surface area contributed by atoms with Gasteiger partial charge in [0.05, 0.1) is 9.26 Å². The number of rotatable bonds is 2. The lowest BCUT2D eigenvalue weighted by molar-refractivity contribution is 1.17. The van der Waals surface area contributed by atoms with Gasteiger partial charge in [0.1, 0.15) is 5.82 Å². The largest absolute Gasteiger partial charge is 0.383 e. The predicted octanol–water partition coefficient (Wildman–Crippen LogP) is 4.68. The molecule has 0 radical (unpaired) electrons. The van der Waals surface area contributed by atoms with Crippen molar-refractivity contribution in [2.24, 2.45) is 0 Å². The maximum Gasteiger partial charge on any atom is 0.163 e. The van der Waals surface area contributed by atoms with Crippen LogP contribution in [0.1, 0.15) is 9.75 Å². The van der Waals surface area contributed by atoms with E-state index in [1.165, 1.54) is 9.75 Å². The average molecular weight is 407 g/mol. The first-order chi connectivity index (χ1) is 10.1. The third-order valence-electron chi connectivity index (χ3n) is 3.21. The van der Waals surface area contributed by atoms with Crippen LogP contribution in [-0.2, 0) is 0 Å². The van der Waals surface area contributed by atoms with Crippen molar-refractivity contribution in [3.8, 4) is 22.6 Å². The van der Waals surface area contributed by atoms with Crippen LogP contribution >= 0.6 is 33.9 Å². The fourth-order valence-corrected chi connectivity index (χ4v) is 3.70. The van der Waals surface area contributed by atoms with Crippen molar-refractivity contribution in [1.29, 1.82) is 0 Å². The lowest BCUT2D eigenvalue weighted by Crippen LogP contribution is -2.02. The molecule has 0 unspecified atom stereocenters. The first-order valence-electron chi connectivity index (χ1n) is 6.52. The van der Waals surface area contributed by atoms with Crippen LogP contribution in [0.5, 0.6) is 0 Å². The molecule has 21 heavy (non-hydrogen) atoms. The van der Waals surface area contributed by atoms with Gasteiger partial charge in [0, 0.05) is 20.9 Å². The lowest BCUT2D eigenvalue weighted by atomic mass is 10.1. The van der Waals surface area contributed by atoms with E-state index in [1.807, 2.05) is 30.3 Å². The number of thiophene rings is 1. The number of anilines is 1. The number of nitrogens with two attached hydrogens (primary N) is 1. The summed E-state index contributed by atoms with van der Waals surface area (Å²) in [6.45, 7) is 4.18. The van der Waals surface area contributed by atoms with Crippen LogP contribution in [0.4, 0.5) is 5.82 Å².